The molecule has 2 amide bonds. The highest BCUT2D eigenvalue weighted by Gasteiger charge is 2.32. The quantitative estimate of drug-likeness (QED) is 0.705. The number of carbonyl (C=O) groups excluding carboxylic acids is 2. The van der Waals surface area contributed by atoms with E-state index in [4.69, 9.17) is 4.74 Å². The van der Waals surface area contributed by atoms with Gasteiger partial charge in [-0.3, -0.25) is 9.59 Å². The van der Waals surface area contributed by atoms with Crippen molar-refractivity contribution >= 4 is 28.2 Å². The van der Waals surface area contributed by atoms with Gasteiger partial charge >= 0.3 is 0 Å². The van der Waals surface area contributed by atoms with E-state index in [0.29, 0.717) is 11.5 Å². The second-order valence-corrected chi connectivity index (χ2v) is 9.07. The molecule has 0 aliphatic heterocycles. The molecule has 2 N–H and O–H groups in total. The third kappa shape index (κ3) is 4.66. The lowest BCUT2D eigenvalue weighted by Crippen LogP contribution is -2.36. The zero-order valence-electron chi connectivity index (χ0n) is 19.2. The molecule has 5 nitrogen and oxygen atoms in total. The van der Waals surface area contributed by atoms with Gasteiger partial charge in [0.2, 0.25) is 11.8 Å². The van der Waals surface area contributed by atoms with Crippen LogP contribution in [-0.2, 0) is 14.3 Å². The molecule has 1 aliphatic rings. The van der Waals surface area contributed by atoms with Gasteiger partial charge in [0.15, 0.2) is 0 Å². The maximum Gasteiger partial charge on any atom is 0.236 e. The fourth-order valence-corrected chi connectivity index (χ4v) is 4.20. The summed E-state index contributed by atoms with van der Waals surface area (Å²) in [6.07, 6.45) is 5.14. The summed E-state index contributed by atoms with van der Waals surface area (Å²) >= 11 is 0. The highest BCUT2D eigenvalue weighted by Crippen LogP contribution is 2.42. The number of amides is 2. The van der Waals surface area contributed by atoms with Crippen molar-refractivity contribution in [2.24, 2.45) is 11.3 Å². The van der Waals surface area contributed by atoms with Gasteiger partial charge in [-0.05, 0) is 57.5 Å². The van der Waals surface area contributed by atoms with Crippen molar-refractivity contribution in [1.82, 2.24) is 10.6 Å². The first-order valence-electron chi connectivity index (χ1n) is 10.6. The molecule has 2 aromatic carbocycles. The first-order valence-corrected chi connectivity index (χ1v) is 10.6. The number of rotatable bonds is 5. The average molecular weight is 421 g/mol. The van der Waals surface area contributed by atoms with E-state index in [2.05, 4.69) is 61.8 Å². The first kappa shape index (κ1) is 22.6. The van der Waals surface area contributed by atoms with Gasteiger partial charge in [0.05, 0.1) is 12.9 Å². The molecule has 0 bridgehead atoms. The van der Waals surface area contributed by atoms with Crippen LogP contribution in [0.4, 0.5) is 0 Å². The van der Waals surface area contributed by atoms with Gasteiger partial charge in [-0.25, -0.2) is 0 Å². The molecule has 3 rings (SSSR count). The van der Waals surface area contributed by atoms with Crippen molar-refractivity contribution in [1.29, 1.82) is 0 Å². The molecule has 0 fully saturated rings. The Morgan fingerprint density at radius 2 is 1.58 bits per heavy atom. The number of ether oxygens (including phenoxy) is 1. The number of hydrogen-bond donors (Lipinski definition) is 2. The Morgan fingerprint density at radius 3 is 2.16 bits per heavy atom. The lowest BCUT2D eigenvalue weighted by Gasteiger charge is -2.34. The second-order valence-electron chi connectivity index (χ2n) is 9.07. The van der Waals surface area contributed by atoms with Gasteiger partial charge in [0.1, 0.15) is 5.92 Å². The van der Waals surface area contributed by atoms with E-state index >= 15 is 0 Å². The summed E-state index contributed by atoms with van der Waals surface area (Å²) in [7, 11) is 4.82. The normalized spacial score (nSPS) is 16.5. The summed E-state index contributed by atoms with van der Waals surface area (Å²) in [4.78, 5) is 24.6. The average Bonchev–Trinajstić information content (AvgIpc) is 2.77. The smallest absolute Gasteiger partial charge is 0.236 e. The van der Waals surface area contributed by atoms with Crippen LogP contribution in [0.3, 0.4) is 0 Å². The zero-order chi connectivity index (χ0) is 22.8. The summed E-state index contributed by atoms with van der Waals surface area (Å²) in [6.45, 7) is 6.72. The van der Waals surface area contributed by atoms with Crippen LogP contribution >= 0.6 is 0 Å². The number of fused-ring (bicyclic) bond motifs is 1. The Bertz CT molecular complexity index is 1040. The van der Waals surface area contributed by atoms with Crippen LogP contribution in [0.25, 0.3) is 16.3 Å². The van der Waals surface area contributed by atoms with Gasteiger partial charge in [-0.2, -0.15) is 0 Å². The fraction of sp³-hybridized carbons (Fsp3) is 0.385. The summed E-state index contributed by atoms with van der Waals surface area (Å²) in [5, 5.41) is 7.23. The van der Waals surface area contributed by atoms with Crippen molar-refractivity contribution in [2.45, 2.75) is 33.1 Å². The van der Waals surface area contributed by atoms with Crippen LogP contribution < -0.4 is 10.6 Å². The molecule has 31 heavy (non-hydrogen) atoms. The van der Waals surface area contributed by atoms with Crippen molar-refractivity contribution in [3.8, 4) is 0 Å². The minimum Gasteiger partial charge on any atom is -0.501 e. The van der Waals surface area contributed by atoms with Gasteiger partial charge in [0.25, 0.3) is 0 Å². The zero-order valence-corrected chi connectivity index (χ0v) is 19.2. The number of hydrogen-bond acceptors (Lipinski definition) is 3. The van der Waals surface area contributed by atoms with Gasteiger partial charge < -0.3 is 15.4 Å². The van der Waals surface area contributed by atoms with Crippen LogP contribution in [0.15, 0.2) is 54.3 Å². The molecule has 0 saturated carbocycles. The summed E-state index contributed by atoms with van der Waals surface area (Å²) in [5.74, 6) is -0.175. The molecule has 1 aliphatic carbocycles. The largest absolute Gasteiger partial charge is 0.501 e. The van der Waals surface area contributed by atoms with E-state index in [1.807, 2.05) is 18.2 Å². The molecule has 0 saturated heterocycles. The predicted molar refractivity (Wildman–Crippen MR) is 125 cm³/mol. The standard InChI is InChI=1S/C26H32N2O3/c1-26(2,3)21-15-19(11-12-22(21)31-6)17-7-8-18-14-20(10-9-16(18)13-17)23(24(29)27-4)25(30)28-5/h7-14,21,23H,15H2,1-6H3,(H,27,29)(H,28,30). The van der Waals surface area contributed by atoms with Gasteiger partial charge in [-0.1, -0.05) is 51.1 Å². The lowest BCUT2D eigenvalue weighted by atomic mass is 9.73. The molecule has 2 aromatic rings. The SMILES string of the molecule is CNC(=O)C(C(=O)NC)c1ccc2cc(C3=CC=C(OC)C(C(C)(C)C)C3)ccc2c1. The number of methoxy groups -OCH3 is 1. The number of likely N-dealkylation sites (N-methyl/N-ethyl adjacent to an activating group) is 2. The molecule has 0 radical (unpaired) electrons. The molecule has 0 spiro atoms. The Morgan fingerprint density at radius 1 is 0.968 bits per heavy atom. The Hall–Kier alpha value is -3.08. The van der Waals surface area contributed by atoms with E-state index in [-0.39, 0.29) is 17.2 Å². The number of benzene rings is 2. The van der Waals surface area contributed by atoms with Gasteiger partial charge in [0, 0.05) is 20.0 Å². The topological polar surface area (TPSA) is 67.4 Å². The number of allylic oxidation sites excluding steroid dienone is 4. The molecular weight excluding hydrogens is 388 g/mol. The summed E-state index contributed by atoms with van der Waals surface area (Å²) < 4.78 is 5.63. The molecular formula is C26H32N2O3. The minimum absolute atomic E-state index is 0.0990. The molecule has 5 heteroatoms. The first-order chi connectivity index (χ1) is 14.7. The highest BCUT2D eigenvalue weighted by molar-refractivity contribution is 6.06. The minimum atomic E-state index is -0.870. The maximum absolute atomic E-state index is 12.3. The summed E-state index contributed by atoms with van der Waals surface area (Å²) in [5.41, 5.74) is 3.23. The second kappa shape index (κ2) is 8.96. The van der Waals surface area contributed by atoms with Crippen LogP contribution in [0, 0.1) is 11.3 Å². The molecule has 0 aromatic heterocycles. The summed E-state index contributed by atoms with van der Waals surface area (Å²) in [6, 6.07) is 12.1. The molecule has 1 atom stereocenters. The Kier molecular flexibility index (Phi) is 6.54. The van der Waals surface area contributed by atoms with Crippen LogP contribution in [0.2, 0.25) is 0 Å². The van der Waals surface area contributed by atoms with E-state index in [9.17, 15) is 9.59 Å². The molecule has 164 valence electrons. The fourth-order valence-electron chi connectivity index (χ4n) is 4.20. The van der Waals surface area contributed by atoms with E-state index in [1.54, 1.807) is 7.11 Å². The van der Waals surface area contributed by atoms with Crippen LogP contribution in [0.1, 0.15) is 44.2 Å². The lowest BCUT2D eigenvalue weighted by molar-refractivity contribution is -0.131. The van der Waals surface area contributed by atoms with E-state index < -0.39 is 5.92 Å². The van der Waals surface area contributed by atoms with Crippen molar-refractivity contribution < 1.29 is 14.3 Å². The Labute approximate surface area is 184 Å². The third-order valence-corrected chi connectivity index (χ3v) is 6.08. The number of nitrogens with one attached hydrogen (secondary N) is 2. The third-order valence-electron chi connectivity index (χ3n) is 6.08. The van der Waals surface area contributed by atoms with Gasteiger partial charge in [-0.15, -0.1) is 0 Å². The van der Waals surface area contributed by atoms with E-state index in [0.717, 1.165) is 23.0 Å². The van der Waals surface area contributed by atoms with Crippen molar-refractivity contribution in [3.63, 3.8) is 0 Å². The Balaban J connectivity index is 1.97. The maximum atomic E-state index is 12.3. The van der Waals surface area contributed by atoms with E-state index in [1.165, 1.54) is 25.2 Å². The van der Waals surface area contributed by atoms with Crippen LogP contribution in [0.5, 0.6) is 0 Å². The van der Waals surface area contributed by atoms with Crippen molar-refractivity contribution in [3.05, 3.63) is 65.4 Å². The van der Waals surface area contributed by atoms with Crippen molar-refractivity contribution in [2.75, 3.05) is 21.2 Å². The number of carbonyl (C=O) groups is 2. The van der Waals surface area contributed by atoms with Crippen LogP contribution in [-0.4, -0.2) is 33.0 Å². The highest BCUT2D eigenvalue weighted by atomic mass is 16.5. The predicted octanol–water partition coefficient (Wildman–Crippen LogP) is 4.40. The molecule has 0 heterocycles. The molecule has 1 unspecified atom stereocenters. The monoisotopic (exact) mass is 420 g/mol.